The van der Waals surface area contributed by atoms with Crippen LogP contribution in [0.5, 0.6) is 0 Å². The summed E-state index contributed by atoms with van der Waals surface area (Å²) in [6, 6.07) is 4.66. The largest absolute Gasteiger partial charge is 0.380 e. The molecule has 104 valence electrons. The zero-order valence-electron chi connectivity index (χ0n) is 11.6. The molecule has 1 aromatic carbocycles. The van der Waals surface area contributed by atoms with E-state index < -0.39 is 0 Å². The van der Waals surface area contributed by atoms with Crippen LogP contribution in [-0.4, -0.2) is 30.5 Å². The van der Waals surface area contributed by atoms with Crippen LogP contribution >= 0.6 is 0 Å². The van der Waals surface area contributed by atoms with Crippen molar-refractivity contribution in [3.8, 4) is 0 Å². The molecule has 0 atom stereocenters. The molecule has 0 aromatic heterocycles. The van der Waals surface area contributed by atoms with Crippen molar-refractivity contribution in [3.05, 3.63) is 35.1 Å². The van der Waals surface area contributed by atoms with E-state index in [1.807, 2.05) is 4.90 Å². The number of nitrogens with zero attached hydrogens (tertiary/aromatic N) is 1. The number of ether oxygens (including phenoxy) is 1. The highest BCUT2D eigenvalue weighted by Crippen LogP contribution is 2.23. The fourth-order valence-corrected chi connectivity index (χ4v) is 2.15. The maximum Gasteiger partial charge on any atom is 0.128 e. The van der Waals surface area contributed by atoms with Crippen molar-refractivity contribution in [2.45, 2.75) is 26.8 Å². The number of fused-ring (bicyclic) bond motifs is 1. The van der Waals surface area contributed by atoms with Crippen LogP contribution in [-0.2, 0) is 11.3 Å². The third-order valence-electron chi connectivity index (χ3n) is 3.35. The van der Waals surface area contributed by atoms with Crippen LogP contribution in [0.4, 0.5) is 4.39 Å². The van der Waals surface area contributed by atoms with Crippen molar-refractivity contribution in [2.75, 3.05) is 19.8 Å². The molecule has 0 spiro atoms. The third kappa shape index (κ3) is 3.53. The van der Waals surface area contributed by atoms with Crippen molar-refractivity contribution < 1.29 is 9.13 Å². The average molecular weight is 264 g/mol. The van der Waals surface area contributed by atoms with E-state index in [1.165, 1.54) is 12.1 Å². The Morgan fingerprint density at radius 3 is 2.89 bits per heavy atom. The lowest BCUT2D eigenvalue weighted by Crippen LogP contribution is -2.28. The van der Waals surface area contributed by atoms with E-state index in [-0.39, 0.29) is 5.82 Å². The molecule has 4 heteroatoms. The van der Waals surface area contributed by atoms with Crippen molar-refractivity contribution in [1.29, 1.82) is 5.41 Å². The molecular formula is C15H21FN2O. The lowest BCUT2D eigenvalue weighted by atomic mass is 10.1. The predicted octanol–water partition coefficient (Wildman–Crippen LogP) is 3.03. The topological polar surface area (TPSA) is 36.3 Å². The molecule has 1 aliphatic heterocycles. The normalized spacial score (nSPS) is 14.3. The SMILES string of the molecule is CC(C)CCOCCN1Cc2ccc(F)cc2C1=N. The quantitative estimate of drug-likeness (QED) is 0.802. The fourth-order valence-electron chi connectivity index (χ4n) is 2.15. The first-order valence-electron chi connectivity index (χ1n) is 6.78. The Kier molecular flexibility index (Phi) is 4.53. The van der Waals surface area contributed by atoms with Crippen molar-refractivity contribution in [3.63, 3.8) is 0 Å². The number of halogens is 1. The molecular weight excluding hydrogens is 243 g/mol. The molecule has 1 aromatic rings. The van der Waals surface area contributed by atoms with E-state index in [4.69, 9.17) is 10.1 Å². The molecule has 0 unspecified atom stereocenters. The van der Waals surface area contributed by atoms with E-state index in [0.29, 0.717) is 37.0 Å². The molecule has 0 bridgehead atoms. The van der Waals surface area contributed by atoms with Crippen LogP contribution in [0, 0.1) is 17.1 Å². The van der Waals surface area contributed by atoms with Gasteiger partial charge in [0.1, 0.15) is 11.7 Å². The molecule has 0 radical (unpaired) electrons. The number of amidine groups is 1. The van der Waals surface area contributed by atoms with Gasteiger partial charge in [0.15, 0.2) is 0 Å². The first-order chi connectivity index (χ1) is 9.08. The van der Waals surface area contributed by atoms with Gasteiger partial charge in [0.05, 0.1) is 6.61 Å². The summed E-state index contributed by atoms with van der Waals surface area (Å²) in [6.45, 7) is 7.09. The highest BCUT2D eigenvalue weighted by atomic mass is 19.1. The van der Waals surface area contributed by atoms with Gasteiger partial charge in [-0.3, -0.25) is 5.41 Å². The molecule has 3 nitrogen and oxygen atoms in total. The summed E-state index contributed by atoms with van der Waals surface area (Å²) < 4.78 is 18.7. The zero-order valence-corrected chi connectivity index (χ0v) is 11.6. The van der Waals surface area contributed by atoms with Gasteiger partial charge in [0, 0.05) is 25.3 Å². The van der Waals surface area contributed by atoms with E-state index in [9.17, 15) is 4.39 Å². The number of nitrogens with one attached hydrogen (secondary N) is 1. The second-order valence-corrected chi connectivity index (χ2v) is 5.37. The molecule has 1 N–H and O–H groups in total. The molecule has 0 saturated heterocycles. The monoisotopic (exact) mass is 264 g/mol. The number of rotatable bonds is 6. The lowest BCUT2D eigenvalue weighted by Gasteiger charge is -2.17. The summed E-state index contributed by atoms with van der Waals surface area (Å²) in [6.07, 6.45) is 1.06. The number of hydrogen-bond acceptors (Lipinski definition) is 2. The van der Waals surface area contributed by atoms with Crippen LogP contribution in [0.1, 0.15) is 31.4 Å². The molecule has 1 heterocycles. The molecule has 0 aliphatic carbocycles. The van der Waals surface area contributed by atoms with Gasteiger partial charge in [0.25, 0.3) is 0 Å². The second kappa shape index (κ2) is 6.15. The second-order valence-electron chi connectivity index (χ2n) is 5.37. The van der Waals surface area contributed by atoms with E-state index in [1.54, 1.807) is 6.07 Å². The zero-order chi connectivity index (χ0) is 13.8. The minimum absolute atomic E-state index is 0.279. The Hall–Kier alpha value is -1.42. The van der Waals surface area contributed by atoms with E-state index >= 15 is 0 Å². The maximum absolute atomic E-state index is 13.2. The molecule has 19 heavy (non-hydrogen) atoms. The summed E-state index contributed by atoms with van der Waals surface area (Å²) in [7, 11) is 0. The fraction of sp³-hybridized carbons (Fsp3) is 0.533. The van der Waals surface area contributed by atoms with Crippen LogP contribution in [0.15, 0.2) is 18.2 Å². The van der Waals surface area contributed by atoms with Crippen molar-refractivity contribution >= 4 is 5.84 Å². The molecule has 1 aliphatic rings. The van der Waals surface area contributed by atoms with Gasteiger partial charge in [-0.15, -0.1) is 0 Å². The van der Waals surface area contributed by atoms with E-state index in [2.05, 4.69) is 13.8 Å². The Labute approximate surface area is 113 Å². The van der Waals surface area contributed by atoms with E-state index in [0.717, 1.165) is 18.6 Å². The van der Waals surface area contributed by atoms with Crippen molar-refractivity contribution in [1.82, 2.24) is 4.90 Å². The summed E-state index contributed by atoms with van der Waals surface area (Å²) in [5.74, 6) is 0.776. The summed E-state index contributed by atoms with van der Waals surface area (Å²) in [5, 5.41) is 8.04. The molecule has 0 amide bonds. The number of hydrogen-bond donors (Lipinski definition) is 1. The van der Waals surface area contributed by atoms with Crippen LogP contribution < -0.4 is 0 Å². The van der Waals surface area contributed by atoms with Crippen LogP contribution in [0.25, 0.3) is 0 Å². The first kappa shape index (κ1) is 14.0. The lowest BCUT2D eigenvalue weighted by molar-refractivity contribution is 0.111. The molecule has 2 rings (SSSR count). The predicted molar refractivity (Wildman–Crippen MR) is 73.9 cm³/mol. The van der Waals surface area contributed by atoms with Gasteiger partial charge in [-0.25, -0.2) is 4.39 Å². The Morgan fingerprint density at radius 1 is 1.37 bits per heavy atom. The minimum atomic E-state index is -0.279. The standard InChI is InChI=1S/C15H21FN2O/c1-11(2)5-7-19-8-6-18-10-12-3-4-13(16)9-14(12)15(18)17/h3-4,9,11,17H,5-8,10H2,1-2H3. The summed E-state index contributed by atoms with van der Waals surface area (Å²) in [5.41, 5.74) is 1.73. The van der Waals surface area contributed by atoms with Crippen LogP contribution in [0.2, 0.25) is 0 Å². The highest BCUT2D eigenvalue weighted by molar-refractivity contribution is 6.00. The Balaban J connectivity index is 1.80. The Bertz CT molecular complexity index is 459. The minimum Gasteiger partial charge on any atom is -0.380 e. The molecule has 0 saturated carbocycles. The number of benzene rings is 1. The van der Waals surface area contributed by atoms with Gasteiger partial charge < -0.3 is 9.64 Å². The average Bonchev–Trinajstić information content (AvgIpc) is 2.66. The maximum atomic E-state index is 13.2. The summed E-state index contributed by atoms with van der Waals surface area (Å²) in [4.78, 5) is 1.93. The molecule has 0 fully saturated rings. The van der Waals surface area contributed by atoms with Crippen molar-refractivity contribution in [2.24, 2.45) is 5.92 Å². The summed E-state index contributed by atoms with van der Waals surface area (Å²) >= 11 is 0. The van der Waals surface area contributed by atoms with Gasteiger partial charge in [0.2, 0.25) is 0 Å². The Morgan fingerprint density at radius 2 is 2.16 bits per heavy atom. The highest BCUT2D eigenvalue weighted by Gasteiger charge is 2.23. The third-order valence-corrected chi connectivity index (χ3v) is 3.35. The first-order valence-corrected chi connectivity index (χ1v) is 6.78. The van der Waals surface area contributed by atoms with Gasteiger partial charge in [-0.2, -0.15) is 0 Å². The van der Waals surface area contributed by atoms with Gasteiger partial charge >= 0.3 is 0 Å². The van der Waals surface area contributed by atoms with Gasteiger partial charge in [-0.05, 0) is 30.0 Å². The van der Waals surface area contributed by atoms with Crippen LogP contribution in [0.3, 0.4) is 0 Å². The van der Waals surface area contributed by atoms with Gasteiger partial charge in [-0.1, -0.05) is 19.9 Å². The smallest absolute Gasteiger partial charge is 0.128 e.